The van der Waals surface area contributed by atoms with Gasteiger partial charge in [-0.15, -0.1) is 0 Å². The molecule has 0 aliphatic heterocycles. The Labute approximate surface area is 127 Å². The Morgan fingerprint density at radius 3 is 2.80 bits per heavy atom. The first-order valence-electron chi connectivity index (χ1n) is 6.71. The Kier molecular flexibility index (Phi) is 4.94. The quantitative estimate of drug-likeness (QED) is 0.899. The SMILES string of the molecule is CCCNC(c1cc(F)ccc1C)c1c(Br)cnn1C. The molecular formula is C15H19BrFN3. The highest BCUT2D eigenvalue weighted by atomic mass is 79.9. The van der Waals surface area contributed by atoms with E-state index in [4.69, 9.17) is 0 Å². The highest BCUT2D eigenvalue weighted by molar-refractivity contribution is 9.10. The van der Waals surface area contributed by atoms with Gasteiger partial charge in [-0.05, 0) is 59.1 Å². The molecule has 3 nitrogen and oxygen atoms in total. The lowest BCUT2D eigenvalue weighted by molar-refractivity contribution is 0.544. The molecule has 0 aliphatic rings. The monoisotopic (exact) mass is 339 g/mol. The molecule has 1 aromatic carbocycles. The Morgan fingerprint density at radius 2 is 2.20 bits per heavy atom. The molecule has 0 amide bonds. The summed E-state index contributed by atoms with van der Waals surface area (Å²) in [5.41, 5.74) is 3.02. The predicted octanol–water partition coefficient (Wildman–Crippen LogP) is 3.72. The largest absolute Gasteiger partial charge is 0.305 e. The maximum Gasteiger partial charge on any atom is 0.123 e. The van der Waals surface area contributed by atoms with Crippen molar-refractivity contribution < 1.29 is 4.39 Å². The van der Waals surface area contributed by atoms with E-state index in [1.165, 1.54) is 6.07 Å². The Balaban J connectivity index is 2.50. The van der Waals surface area contributed by atoms with Crippen LogP contribution >= 0.6 is 15.9 Å². The molecule has 0 spiro atoms. The molecule has 0 bridgehead atoms. The second-order valence-corrected chi connectivity index (χ2v) is 5.74. The third-order valence-electron chi connectivity index (χ3n) is 3.36. The minimum absolute atomic E-state index is 0.0764. The number of benzene rings is 1. The van der Waals surface area contributed by atoms with Gasteiger partial charge < -0.3 is 5.32 Å². The highest BCUT2D eigenvalue weighted by Gasteiger charge is 2.22. The third-order valence-corrected chi connectivity index (χ3v) is 3.97. The van der Waals surface area contributed by atoms with Gasteiger partial charge in [0.2, 0.25) is 0 Å². The van der Waals surface area contributed by atoms with Crippen LogP contribution < -0.4 is 5.32 Å². The van der Waals surface area contributed by atoms with Crippen LogP contribution in [0.5, 0.6) is 0 Å². The Hall–Kier alpha value is -1.20. The van der Waals surface area contributed by atoms with Crippen LogP contribution in [0.25, 0.3) is 0 Å². The fourth-order valence-electron chi connectivity index (χ4n) is 2.31. The van der Waals surface area contributed by atoms with Gasteiger partial charge in [0.15, 0.2) is 0 Å². The first-order chi connectivity index (χ1) is 9.54. The van der Waals surface area contributed by atoms with Crippen molar-refractivity contribution in [2.75, 3.05) is 6.54 Å². The average Bonchev–Trinajstić information content (AvgIpc) is 2.74. The number of nitrogens with one attached hydrogen (secondary N) is 1. The van der Waals surface area contributed by atoms with Crippen LogP contribution in [-0.2, 0) is 7.05 Å². The summed E-state index contributed by atoms with van der Waals surface area (Å²) in [6.07, 6.45) is 2.78. The molecule has 1 aromatic heterocycles. The first-order valence-corrected chi connectivity index (χ1v) is 7.50. The molecule has 0 saturated heterocycles. The van der Waals surface area contributed by atoms with Gasteiger partial charge in [0.05, 0.1) is 22.4 Å². The summed E-state index contributed by atoms with van der Waals surface area (Å²) >= 11 is 3.53. The average molecular weight is 340 g/mol. The van der Waals surface area contributed by atoms with E-state index in [0.29, 0.717) is 0 Å². The maximum atomic E-state index is 13.6. The molecular weight excluding hydrogens is 321 g/mol. The molecule has 0 fully saturated rings. The zero-order valence-electron chi connectivity index (χ0n) is 12.0. The minimum atomic E-state index is -0.216. The lowest BCUT2D eigenvalue weighted by atomic mass is 9.98. The summed E-state index contributed by atoms with van der Waals surface area (Å²) in [6, 6.07) is 4.83. The zero-order chi connectivity index (χ0) is 14.7. The molecule has 20 heavy (non-hydrogen) atoms. The van der Waals surface area contributed by atoms with Gasteiger partial charge in [-0.3, -0.25) is 4.68 Å². The van der Waals surface area contributed by atoms with Gasteiger partial charge in [-0.25, -0.2) is 4.39 Å². The lowest BCUT2D eigenvalue weighted by Gasteiger charge is -2.22. The van der Waals surface area contributed by atoms with Crippen molar-refractivity contribution in [2.24, 2.45) is 7.05 Å². The van der Waals surface area contributed by atoms with Crippen molar-refractivity contribution >= 4 is 15.9 Å². The number of nitrogens with zero attached hydrogens (tertiary/aromatic N) is 2. The fourth-order valence-corrected chi connectivity index (χ4v) is 2.89. The smallest absolute Gasteiger partial charge is 0.123 e. The maximum absolute atomic E-state index is 13.6. The molecule has 108 valence electrons. The molecule has 1 heterocycles. The van der Waals surface area contributed by atoms with Crippen molar-refractivity contribution in [3.8, 4) is 0 Å². The van der Waals surface area contributed by atoms with E-state index in [-0.39, 0.29) is 11.9 Å². The van der Waals surface area contributed by atoms with E-state index in [1.54, 1.807) is 12.3 Å². The van der Waals surface area contributed by atoms with Crippen molar-refractivity contribution in [2.45, 2.75) is 26.3 Å². The number of rotatable bonds is 5. The normalized spacial score (nSPS) is 12.7. The van der Waals surface area contributed by atoms with Crippen molar-refractivity contribution in [3.63, 3.8) is 0 Å². The van der Waals surface area contributed by atoms with Crippen LogP contribution in [0.1, 0.15) is 36.2 Å². The molecule has 2 rings (SSSR count). The van der Waals surface area contributed by atoms with E-state index < -0.39 is 0 Å². The van der Waals surface area contributed by atoms with Gasteiger partial charge in [-0.1, -0.05) is 13.0 Å². The summed E-state index contributed by atoms with van der Waals surface area (Å²) in [4.78, 5) is 0. The van der Waals surface area contributed by atoms with Gasteiger partial charge in [-0.2, -0.15) is 5.10 Å². The zero-order valence-corrected chi connectivity index (χ0v) is 13.5. The summed E-state index contributed by atoms with van der Waals surface area (Å²) in [5, 5.41) is 7.74. The second kappa shape index (κ2) is 6.50. The van der Waals surface area contributed by atoms with Gasteiger partial charge in [0.25, 0.3) is 0 Å². The van der Waals surface area contributed by atoms with Crippen molar-refractivity contribution in [1.82, 2.24) is 15.1 Å². The molecule has 1 N–H and O–H groups in total. The van der Waals surface area contributed by atoms with E-state index >= 15 is 0 Å². The van der Waals surface area contributed by atoms with Crippen LogP contribution in [0, 0.1) is 12.7 Å². The summed E-state index contributed by atoms with van der Waals surface area (Å²) < 4.78 is 16.4. The topological polar surface area (TPSA) is 29.9 Å². The van der Waals surface area contributed by atoms with Crippen LogP contribution in [0.4, 0.5) is 4.39 Å². The van der Waals surface area contributed by atoms with Crippen molar-refractivity contribution in [3.05, 3.63) is 51.5 Å². The Bertz CT molecular complexity index is 575. The van der Waals surface area contributed by atoms with Gasteiger partial charge in [0.1, 0.15) is 5.82 Å². The van der Waals surface area contributed by atoms with E-state index in [0.717, 1.165) is 34.3 Å². The molecule has 5 heteroatoms. The second-order valence-electron chi connectivity index (χ2n) is 4.89. The molecule has 1 atom stereocenters. The van der Waals surface area contributed by atoms with E-state index in [1.807, 2.05) is 24.7 Å². The van der Waals surface area contributed by atoms with E-state index in [2.05, 4.69) is 33.3 Å². The Morgan fingerprint density at radius 1 is 1.45 bits per heavy atom. The van der Waals surface area contributed by atoms with Crippen LogP contribution in [-0.4, -0.2) is 16.3 Å². The predicted molar refractivity (Wildman–Crippen MR) is 82.2 cm³/mol. The molecule has 1 unspecified atom stereocenters. The lowest BCUT2D eigenvalue weighted by Crippen LogP contribution is -2.26. The first kappa shape index (κ1) is 15.2. The molecule has 0 aliphatic carbocycles. The van der Waals surface area contributed by atoms with Crippen LogP contribution in [0.3, 0.4) is 0 Å². The minimum Gasteiger partial charge on any atom is -0.305 e. The van der Waals surface area contributed by atoms with Crippen LogP contribution in [0.15, 0.2) is 28.9 Å². The third kappa shape index (κ3) is 3.10. The number of hydrogen-bond acceptors (Lipinski definition) is 2. The number of hydrogen-bond donors (Lipinski definition) is 1. The standard InChI is InChI=1S/C15H19BrFN3/c1-4-7-18-14(15-13(16)9-19-20(15)3)12-8-11(17)6-5-10(12)2/h5-6,8-9,14,18H,4,7H2,1-3H3. The summed E-state index contributed by atoms with van der Waals surface area (Å²) in [5.74, 6) is -0.216. The van der Waals surface area contributed by atoms with Gasteiger partial charge >= 0.3 is 0 Å². The van der Waals surface area contributed by atoms with Crippen molar-refractivity contribution in [1.29, 1.82) is 0 Å². The molecule has 2 aromatic rings. The highest BCUT2D eigenvalue weighted by Crippen LogP contribution is 2.30. The number of aromatic nitrogens is 2. The molecule has 0 radical (unpaired) electrons. The summed E-state index contributed by atoms with van der Waals surface area (Å²) in [7, 11) is 1.90. The van der Waals surface area contributed by atoms with E-state index in [9.17, 15) is 4.39 Å². The summed E-state index contributed by atoms with van der Waals surface area (Å²) in [6.45, 7) is 4.97. The number of aryl methyl sites for hydroxylation is 2. The number of halogens is 2. The fraction of sp³-hybridized carbons (Fsp3) is 0.400. The van der Waals surface area contributed by atoms with Crippen LogP contribution in [0.2, 0.25) is 0 Å². The molecule has 0 saturated carbocycles. The van der Waals surface area contributed by atoms with Gasteiger partial charge in [0, 0.05) is 7.05 Å².